The summed E-state index contributed by atoms with van der Waals surface area (Å²) in [6.07, 6.45) is 4.62. The molecule has 0 atom stereocenters. The Kier molecular flexibility index (Phi) is 5.11. The van der Waals surface area contributed by atoms with Crippen molar-refractivity contribution < 1.29 is 14.3 Å². The predicted octanol–water partition coefficient (Wildman–Crippen LogP) is 3.45. The van der Waals surface area contributed by atoms with Gasteiger partial charge < -0.3 is 14.4 Å². The monoisotopic (exact) mass is 303 g/mol. The number of methoxy groups -OCH3 is 2. The smallest absolute Gasteiger partial charge is 0.254 e. The fourth-order valence-corrected chi connectivity index (χ4v) is 2.80. The predicted molar refractivity (Wildman–Crippen MR) is 87.8 cm³/mol. The number of benzene rings is 1. The van der Waals surface area contributed by atoms with Gasteiger partial charge in [0.1, 0.15) is 0 Å². The van der Waals surface area contributed by atoms with E-state index in [-0.39, 0.29) is 11.9 Å². The number of amides is 1. The van der Waals surface area contributed by atoms with Crippen molar-refractivity contribution in [2.24, 2.45) is 0 Å². The maximum Gasteiger partial charge on any atom is 0.254 e. The Balaban J connectivity index is 2.43. The summed E-state index contributed by atoms with van der Waals surface area (Å²) in [4.78, 5) is 14.9. The zero-order chi connectivity index (χ0) is 16.3. The second-order valence-corrected chi connectivity index (χ2v) is 5.90. The molecular formula is C18H25NO3. The van der Waals surface area contributed by atoms with E-state index in [4.69, 9.17) is 9.47 Å². The molecular weight excluding hydrogens is 278 g/mol. The second-order valence-electron chi connectivity index (χ2n) is 5.90. The van der Waals surface area contributed by atoms with Gasteiger partial charge in [-0.15, -0.1) is 6.58 Å². The summed E-state index contributed by atoms with van der Waals surface area (Å²) in [6.45, 7) is 7.89. The van der Waals surface area contributed by atoms with Crippen LogP contribution in [0.5, 0.6) is 11.5 Å². The molecule has 4 nitrogen and oxygen atoms in total. The highest BCUT2D eigenvalue weighted by atomic mass is 16.5. The average Bonchev–Trinajstić information content (AvgIpc) is 3.31. The van der Waals surface area contributed by atoms with Crippen LogP contribution in [-0.4, -0.2) is 37.1 Å². The van der Waals surface area contributed by atoms with Crippen molar-refractivity contribution in [1.29, 1.82) is 0 Å². The van der Waals surface area contributed by atoms with Gasteiger partial charge in [0.05, 0.1) is 14.2 Å². The summed E-state index contributed by atoms with van der Waals surface area (Å²) in [5.41, 5.74) is 1.56. The molecule has 1 aliphatic carbocycles. The van der Waals surface area contributed by atoms with E-state index in [2.05, 4.69) is 20.4 Å². The standard InChI is InChI=1S/C18H25NO3/c1-6-7-13-10-14(11-16(21-4)17(13)22-5)18(20)19(12(2)3)15-8-9-15/h6,10-12,15H,1,7-9H2,2-5H3. The van der Waals surface area contributed by atoms with E-state index in [0.717, 1.165) is 18.4 Å². The van der Waals surface area contributed by atoms with Crippen LogP contribution in [0.25, 0.3) is 0 Å². The molecule has 0 bridgehead atoms. The maximum atomic E-state index is 12.9. The first-order valence-electron chi connectivity index (χ1n) is 7.71. The van der Waals surface area contributed by atoms with Gasteiger partial charge >= 0.3 is 0 Å². The molecule has 0 aliphatic heterocycles. The Morgan fingerprint density at radius 1 is 1.36 bits per heavy atom. The lowest BCUT2D eigenvalue weighted by molar-refractivity contribution is 0.0689. The van der Waals surface area contributed by atoms with Crippen LogP contribution in [0.1, 0.15) is 42.6 Å². The molecule has 4 heteroatoms. The summed E-state index contributed by atoms with van der Waals surface area (Å²) >= 11 is 0. The minimum atomic E-state index is 0.0590. The molecule has 1 fully saturated rings. The molecule has 1 amide bonds. The number of ether oxygens (including phenoxy) is 2. The van der Waals surface area contributed by atoms with E-state index >= 15 is 0 Å². The van der Waals surface area contributed by atoms with Crippen LogP contribution in [0, 0.1) is 0 Å². The Labute approximate surface area is 132 Å². The molecule has 0 saturated heterocycles. The molecule has 22 heavy (non-hydrogen) atoms. The molecule has 2 rings (SSSR count). The zero-order valence-corrected chi connectivity index (χ0v) is 13.9. The van der Waals surface area contributed by atoms with Crippen LogP contribution in [0.15, 0.2) is 24.8 Å². The number of nitrogens with zero attached hydrogens (tertiary/aromatic N) is 1. The van der Waals surface area contributed by atoms with Gasteiger partial charge in [0.15, 0.2) is 11.5 Å². The van der Waals surface area contributed by atoms with Crippen molar-refractivity contribution >= 4 is 5.91 Å². The molecule has 0 radical (unpaired) electrons. The molecule has 1 saturated carbocycles. The minimum absolute atomic E-state index is 0.0590. The van der Waals surface area contributed by atoms with E-state index in [1.165, 1.54) is 0 Å². The Morgan fingerprint density at radius 3 is 2.50 bits per heavy atom. The van der Waals surface area contributed by atoms with Gasteiger partial charge in [0.25, 0.3) is 5.91 Å². The normalized spacial score (nSPS) is 13.9. The summed E-state index contributed by atoms with van der Waals surface area (Å²) in [5.74, 6) is 1.31. The average molecular weight is 303 g/mol. The quantitative estimate of drug-likeness (QED) is 0.724. The lowest BCUT2D eigenvalue weighted by Crippen LogP contribution is -2.38. The third-order valence-electron chi connectivity index (χ3n) is 3.90. The topological polar surface area (TPSA) is 38.8 Å². The molecule has 0 N–H and O–H groups in total. The van der Waals surface area contributed by atoms with E-state index in [1.807, 2.05) is 11.0 Å². The van der Waals surface area contributed by atoms with Gasteiger partial charge in [-0.3, -0.25) is 4.79 Å². The Morgan fingerprint density at radius 2 is 2.05 bits per heavy atom. The molecule has 1 aromatic carbocycles. The third-order valence-corrected chi connectivity index (χ3v) is 3.90. The van der Waals surface area contributed by atoms with E-state index < -0.39 is 0 Å². The number of allylic oxidation sites excluding steroid dienone is 1. The molecule has 1 aromatic rings. The fraction of sp³-hybridized carbons (Fsp3) is 0.500. The Hall–Kier alpha value is -1.97. The van der Waals surface area contributed by atoms with Gasteiger partial charge in [0, 0.05) is 23.2 Å². The van der Waals surface area contributed by atoms with Crippen molar-refractivity contribution in [3.63, 3.8) is 0 Å². The number of hydrogen-bond acceptors (Lipinski definition) is 3. The minimum Gasteiger partial charge on any atom is -0.493 e. The number of carbonyl (C=O) groups is 1. The second kappa shape index (κ2) is 6.86. The summed E-state index contributed by atoms with van der Waals surface area (Å²) in [5, 5.41) is 0. The highest BCUT2D eigenvalue weighted by molar-refractivity contribution is 5.96. The fourth-order valence-electron chi connectivity index (χ4n) is 2.80. The zero-order valence-electron chi connectivity index (χ0n) is 13.9. The van der Waals surface area contributed by atoms with Crippen LogP contribution >= 0.6 is 0 Å². The SMILES string of the molecule is C=CCc1cc(C(=O)N(C(C)C)C2CC2)cc(OC)c1OC. The number of carbonyl (C=O) groups excluding carboxylic acids is 1. The summed E-state index contributed by atoms with van der Waals surface area (Å²) in [6, 6.07) is 4.23. The van der Waals surface area contributed by atoms with E-state index in [1.54, 1.807) is 26.4 Å². The molecule has 0 aromatic heterocycles. The van der Waals surface area contributed by atoms with Gasteiger partial charge in [-0.05, 0) is 45.2 Å². The first kappa shape index (κ1) is 16.4. The van der Waals surface area contributed by atoms with Crippen molar-refractivity contribution in [2.45, 2.75) is 45.2 Å². The number of hydrogen-bond donors (Lipinski definition) is 0. The van der Waals surface area contributed by atoms with Gasteiger partial charge in [0.2, 0.25) is 0 Å². The highest BCUT2D eigenvalue weighted by Crippen LogP contribution is 2.35. The van der Waals surface area contributed by atoms with Crippen molar-refractivity contribution in [3.8, 4) is 11.5 Å². The first-order valence-corrected chi connectivity index (χ1v) is 7.71. The van der Waals surface area contributed by atoms with E-state index in [0.29, 0.717) is 29.5 Å². The molecule has 0 heterocycles. The van der Waals surface area contributed by atoms with Gasteiger partial charge in [-0.1, -0.05) is 6.08 Å². The lowest BCUT2D eigenvalue weighted by atomic mass is 10.0. The molecule has 1 aliphatic rings. The lowest BCUT2D eigenvalue weighted by Gasteiger charge is -2.27. The molecule has 0 unspecified atom stereocenters. The Bertz CT molecular complexity index is 560. The summed E-state index contributed by atoms with van der Waals surface area (Å²) in [7, 11) is 3.20. The van der Waals surface area contributed by atoms with Crippen LogP contribution < -0.4 is 9.47 Å². The summed E-state index contributed by atoms with van der Waals surface area (Å²) < 4.78 is 10.8. The third kappa shape index (κ3) is 3.26. The molecule has 120 valence electrons. The van der Waals surface area contributed by atoms with Crippen LogP contribution in [-0.2, 0) is 6.42 Å². The van der Waals surface area contributed by atoms with Crippen molar-refractivity contribution in [2.75, 3.05) is 14.2 Å². The first-order chi connectivity index (χ1) is 10.5. The highest BCUT2D eigenvalue weighted by Gasteiger charge is 2.35. The van der Waals surface area contributed by atoms with E-state index in [9.17, 15) is 4.79 Å². The largest absolute Gasteiger partial charge is 0.493 e. The van der Waals surface area contributed by atoms with Crippen molar-refractivity contribution in [1.82, 2.24) is 4.90 Å². The maximum absolute atomic E-state index is 12.9. The van der Waals surface area contributed by atoms with Crippen LogP contribution in [0.3, 0.4) is 0 Å². The number of rotatable bonds is 7. The van der Waals surface area contributed by atoms with Crippen LogP contribution in [0.2, 0.25) is 0 Å². The van der Waals surface area contributed by atoms with Gasteiger partial charge in [-0.25, -0.2) is 0 Å². The van der Waals surface area contributed by atoms with Crippen molar-refractivity contribution in [3.05, 3.63) is 35.9 Å². The van der Waals surface area contributed by atoms with Crippen LogP contribution in [0.4, 0.5) is 0 Å². The van der Waals surface area contributed by atoms with Gasteiger partial charge in [-0.2, -0.15) is 0 Å². The molecule has 0 spiro atoms.